The lowest BCUT2D eigenvalue weighted by Gasteiger charge is -2.21. The van der Waals surface area contributed by atoms with Gasteiger partial charge >= 0.3 is 0 Å². The van der Waals surface area contributed by atoms with Crippen LogP contribution in [0.2, 0.25) is 0 Å². The number of rotatable bonds is 8. The third-order valence-corrected chi connectivity index (χ3v) is 3.90. The lowest BCUT2D eigenvalue weighted by molar-refractivity contribution is 0.259. The summed E-state index contributed by atoms with van der Waals surface area (Å²) in [5.41, 5.74) is 0. The summed E-state index contributed by atoms with van der Waals surface area (Å²) < 4.78 is 0. The zero-order valence-corrected chi connectivity index (χ0v) is 11.5. The van der Waals surface area contributed by atoms with Crippen LogP contribution in [0.25, 0.3) is 0 Å². The van der Waals surface area contributed by atoms with Crippen LogP contribution in [0.4, 0.5) is 0 Å². The number of nitrogens with zero attached hydrogens (tertiary/aromatic N) is 1. The summed E-state index contributed by atoms with van der Waals surface area (Å²) in [7, 11) is 0. The van der Waals surface area contributed by atoms with Crippen molar-refractivity contribution in [2.75, 3.05) is 32.7 Å². The minimum Gasteiger partial charge on any atom is -0.316 e. The van der Waals surface area contributed by atoms with Crippen LogP contribution in [0.3, 0.4) is 0 Å². The summed E-state index contributed by atoms with van der Waals surface area (Å²) >= 11 is 0. The normalized spacial score (nSPS) is 22.1. The molecule has 0 aromatic rings. The van der Waals surface area contributed by atoms with E-state index in [1.54, 1.807) is 0 Å². The Bertz CT molecular complexity index is 166. The molecule has 0 radical (unpaired) electrons. The van der Waals surface area contributed by atoms with E-state index in [1.165, 1.54) is 58.4 Å². The van der Waals surface area contributed by atoms with E-state index in [0.29, 0.717) is 0 Å². The van der Waals surface area contributed by atoms with Gasteiger partial charge in [0.25, 0.3) is 0 Å². The molecular formula is C14H30N2. The van der Waals surface area contributed by atoms with Gasteiger partial charge in [0.2, 0.25) is 0 Å². The Labute approximate surface area is 102 Å². The maximum atomic E-state index is 3.55. The largest absolute Gasteiger partial charge is 0.316 e. The first-order valence-electron chi connectivity index (χ1n) is 7.23. The Balaban J connectivity index is 2.14. The molecule has 1 N–H and O–H groups in total. The van der Waals surface area contributed by atoms with E-state index in [2.05, 4.69) is 31.0 Å². The smallest absolute Gasteiger partial charge is 0.00224 e. The van der Waals surface area contributed by atoms with Gasteiger partial charge in [0.1, 0.15) is 0 Å². The van der Waals surface area contributed by atoms with Gasteiger partial charge in [-0.3, -0.25) is 0 Å². The van der Waals surface area contributed by atoms with Gasteiger partial charge in [-0.1, -0.05) is 33.6 Å². The van der Waals surface area contributed by atoms with Gasteiger partial charge < -0.3 is 10.2 Å². The second-order valence-electron chi connectivity index (χ2n) is 5.30. The zero-order chi connectivity index (χ0) is 11.8. The van der Waals surface area contributed by atoms with E-state index >= 15 is 0 Å². The molecule has 2 heteroatoms. The van der Waals surface area contributed by atoms with E-state index in [4.69, 9.17) is 0 Å². The Morgan fingerprint density at radius 3 is 2.62 bits per heavy atom. The summed E-state index contributed by atoms with van der Waals surface area (Å²) in [6.45, 7) is 13.3. The lowest BCUT2D eigenvalue weighted by atomic mass is 10.0. The van der Waals surface area contributed by atoms with Crippen LogP contribution in [0.1, 0.15) is 46.5 Å². The Hall–Kier alpha value is -0.0800. The minimum absolute atomic E-state index is 0.904. The second-order valence-corrected chi connectivity index (χ2v) is 5.30. The highest BCUT2D eigenvalue weighted by atomic mass is 15.1. The van der Waals surface area contributed by atoms with E-state index < -0.39 is 0 Å². The average molecular weight is 226 g/mol. The lowest BCUT2D eigenvalue weighted by Crippen LogP contribution is -2.29. The molecule has 0 aromatic heterocycles. The molecule has 1 aliphatic heterocycles. The summed E-state index contributed by atoms with van der Waals surface area (Å²) in [5, 5.41) is 3.55. The molecule has 1 aliphatic rings. The molecule has 1 atom stereocenters. The van der Waals surface area contributed by atoms with Crippen molar-refractivity contribution in [3.8, 4) is 0 Å². The fourth-order valence-electron chi connectivity index (χ4n) is 2.64. The predicted molar refractivity (Wildman–Crippen MR) is 71.8 cm³/mol. The first-order valence-corrected chi connectivity index (χ1v) is 7.23. The molecule has 1 unspecified atom stereocenters. The van der Waals surface area contributed by atoms with E-state index in [9.17, 15) is 0 Å². The third kappa shape index (κ3) is 4.84. The van der Waals surface area contributed by atoms with Crippen LogP contribution in [-0.2, 0) is 0 Å². The molecule has 1 saturated heterocycles. The van der Waals surface area contributed by atoms with Gasteiger partial charge in [-0.2, -0.15) is 0 Å². The van der Waals surface area contributed by atoms with E-state index in [-0.39, 0.29) is 0 Å². The molecule has 0 aromatic carbocycles. The second kappa shape index (κ2) is 8.08. The highest BCUT2D eigenvalue weighted by Gasteiger charge is 2.23. The number of hydrogen-bond donors (Lipinski definition) is 1. The van der Waals surface area contributed by atoms with Gasteiger partial charge in [-0.25, -0.2) is 0 Å². The molecule has 16 heavy (non-hydrogen) atoms. The highest BCUT2D eigenvalue weighted by Crippen LogP contribution is 2.19. The van der Waals surface area contributed by atoms with Crippen LogP contribution in [0, 0.1) is 11.8 Å². The number of nitrogens with one attached hydrogen (secondary N) is 1. The third-order valence-electron chi connectivity index (χ3n) is 3.90. The molecule has 96 valence electrons. The van der Waals surface area contributed by atoms with Crippen molar-refractivity contribution in [2.45, 2.75) is 46.5 Å². The van der Waals surface area contributed by atoms with Crippen molar-refractivity contribution in [2.24, 2.45) is 11.8 Å². The molecule has 2 nitrogen and oxygen atoms in total. The van der Waals surface area contributed by atoms with Crippen LogP contribution < -0.4 is 5.32 Å². The number of hydrogen-bond acceptors (Lipinski definition) is 2. The molecule has 1 heterocycles. The molecule has 1 fully saturated rings. The monoisotopic (exact) mass is 226 g/mol. The summed E-state index contributed by atoms with van der Waals surface area (Å²) in [4.78, 5) is 2.68. The fourth-order valence-corrected chi connectivity index (χ4v) is 2.64. The van der Waals surface area contributed by atoms with Crippen molar-refractivity contribution in [3.63, 3.8) is 0 Å². The predicted octanol–water partition coefficient (Wildman–Crippen LogP) is 2.74. The maximum Gasteiger partial charge on any atom is 0.00224 e. The molecule has 0 aliphatic carbocycles. The van der Waals surface area contributed by atoms with Crippen molar-refractivity contribution >= 4 is 0 Å². The first-order chi connectivity index (χ1) is 7.80. The molecule has 1 rings (SSSR count). The van der Waals surface area contributed by atoms with Crippen molar-refractivity contribution in [1.29, 1.82) is 0 Å². The first kappa shape index (κ1) is 14.0. The van der Waals surface area contributed by atoms with Gasteiger partial charge in [-0.15, -0.1) is 0 Å². The molecular weight excluding hydrogens is 196 g/mol. The standard InChI is InChI=1S/C14H30N2/c1-4-8-15-10-14-7-9-16(12-14)11-13(5-2)6-3/h13-15H,4-12H2,1-3H3. The molecule has 0 amide bonds. The summed E-state index contributed by atoms with van der Waals surface area (Å²) in [6.07, 6.45) is 5.33. The molecule has 0 bridgehead atoms. The van der Waals surface area contributed by atoms with Crippen molar-refractivity contribution in [1.82, 2.24) is 10.2 Å². The minimum atomic E-state index is 0.904. The Kier molecular flexibility index (Phi) is 7.06. The topological polar surface area (TPSA) is 15.3 Å². The van der Waals surface area contributed by atoms with Crippen molar-refractivity contribution in [3.05, 3.63) is 0 Å². The van der Waals surface area contributed by atoms with Crippen molar-refractivity contribution < 1.29 is 0 Å². The summed E-state index contributed by atoms with van der Waals surface area (Å²) in [5.74, 6) is 1.82. The summed E-state index contributed by atoms with van der Waals surface area (Å²) in [6, 6.07) is 0. The molecule has 0 saturated carbocycles. The van der Waals surface area contributed by atoms with Crippen LogP contribution >= 0.6 is 0 Å². The zero-order valence-electron chi connectivity index (χ0n) is 11.5. The van der Waals surface area contributed by atoms with Gasteiger partial charge in [0, 0.05) is 13.1 Å². The van der Waals surface area contributed by atoms with Crippen LogP contribution in [0.15, 0.2) is 0 Å². The van der Waals surface area contributed by atoms with Gasteiger partial charge in [0.05, 0.1) is 0 Å². The SMILES string of the molecule is CCCNCC1CCN(CC(CC)CC)C1. The van der Waals surface area contributed by atoms with Gasteiger partial charge in [-0.05, 0) is 44.3 Å². The fraction of sp³-hybridized carbons (Fsp3) is 1.00. The highest BCUT2D eigenvalue weighted by molar-refractivity contribution is 4.78. The molecule has 0 spiro atoms. The van der Waals surface area contributed by atoms with E-state index in [1.807, 2.05) is 0 Å². The van der Waals surface area contributed by atoms with Gasteiger partial charge in [0.15, 0.2) is 0 Å². The van der Waals surface area contributed by atoms with Crippen LogP contribution in [-0.4, -0.2) is 37.6 Å². The van der Waals surface area contributed by atoms with Crippen LogP contribution in [0.5, 0.6) is 0 Å². The van der Waals surface area contributed by atoms with E-state index in [0.717, 1.165) is 11.8 Å². The average Bonchev–Trinajstić information content (AvgIpc) is 2.74. The Morgan fingerprint density at radius 1 is 1.25 bits per heavy atom. The quantitative estimate of drug-likeness (QED) is 0.640. The number of likely N-dealkylation sites (tertiary alicyclic amines) is 1. The Morgan fingerprint density at radius 2 is 2.00 bits per heavy atom. The maximum absolute atomic E-state index is 3.55.